The van der Waals surface area contributed by atoms with E-state index < -0.39 is 0 Å². The fraction of sp³-hybridized carbons (Fsp3) is 0.364. The van der Waals surface area contributed by atoms with Crippen molar-refractivity contribution in [2.75, 3.05) is 12.4 Å². The van der Waals surface area contributed by atoms with Gasteiger partial charge in [0.25, 0.3) is 0 Å². The molecule has 0 fully saturated rings. The van der Waals surface area contributed by atoms with Crippen molar-refractivity contribution in [3.05, 3.63) is 36.6 Å². The van der Waals surface area contributed by atoms with Crippen molar-refractivity contribution in [2.24, 2.45) is 0 Å². The molecule has 78 valence electrons. The average molecular weight is 212 g/mol. The largest absolute Gasteiger partial charge is 0.493 e. The molecule has 0 N–H and O–H groups in total. The van der Waals surface area contributed by atoms with Gasteiger partial charge < -0.3 is 4.74 Å². The molecule has 0 radical (unpaired) electrons. The molecule has 0 amide bonds. The van der Waals surface area contributed by atoms with Crippen LogP contribution >= 0.6 is 11.8 Å². The van der Waals surface area contributed by atoms with E-state index >= 15 is 0 Å². The Morgan fingerprint density at radius 2 is 2.14 bits per heavy atom. The van der Waals surface area contributed by atoms with E-state index in [-0.39, 0.29) is 5.12 Å². The number of ether oxygens (including phenoxy) is 1. The minimum Gasteiger partial charge on any atom is -0.493 e. The van der Waals surface area contributed by atoms with Gasteiger partial charge in [0.05, 0.1) is 6.61 Å². The van der Waals surface area contributed by atoms with Gasteiger partial charge in [-0.2, -0.15) is 0 Å². The first kappa shape index (κ1) is 13.0. The summed E-state index contributed by atoms with van der Waals surface area (Å²) in [6, 6.07) is 0. The van der Waals surface area contributed by atoms with Gasteiger partial charge in [0.2, 0.25) is 0 Å². The highest BCUT2D eigenvalue weighted by atomic mass is 32.2. The molecule has 0 aliphatic rings. The molecule has 0 heterocycles. The number of rotatable bonds is 6. The molecule has 0 bridgehead atoms. The maximum atomic E-state index is 10.6. The predicted molar refractivity (Wildman–Crippen MR) is 62.2 cm³/mol. The Morgan fingerprint density at radius 3 is 2.57 bits per heavy atom. The molecule has 2 nitrogen and oxygen atoms in total. The van der Waals surface area contributed by atoms with Crippen LogP contribution in [-0.2, 0) is 9.53 Å². The van der Waals surface area contributed by atoms with E-state index in [1.807, 2.05) is 13.0 Å². The SMILES string of the molecule is C=C/C(=C\C(=C)C)OCCSC(C)=O. The number of hydrogen-bond acceptors (Lipinski definition) is 3. The fourth-order valence-electron chi connectivity index (χ4n) is 0.747. The highest BCUT2D eigenvalue weighted by molar-refractivity contribution is 8.13. The van der Waals surface area contributed by atoms with E-state index in [0.717, 1.165) is 5.57 Å². The van der Waals surface area contributed by atoms with Crippen LogP contribution in [0.1, 0.15) is 13.8 Å². The Balaban J connectivity index is 3.80. The predicted octanol–water partition coefficient (Wildman–Crippen LogP) is 2.93. The molecular formula is C11H16O2S. The van der Waals surface area contributed by atoms with E-state index in [0.29, 0.717) is 18.1 Å². The third-order valence-corrected chi connectivity index (χ3v) is 2.02. The van der Waals surface area contributed by atoms with Gasteiger partial charge >= 0.3 is 0 Å². The molecule has 0 aliphatic heterocycles. The van der Waals surface area contributed by atoms with Crippen LogP contribution in [0.5, 0.6) is 0 Å². The summed E-state index contributed by atoms with van der Waals surface area (Å²) in [5, 5.41) is 0.109. The molecule has 0 aromatic heterocycles. The summed E-state index contributed by atoms with van der Waals surface area (Å²) >= 11 is 1.25. The molecule has 3 heteroatoms. The van der Waals surface area contributed by atoms with Crippen LogP contribution in [0.4, 0.5) is 0 Å². The van der Waals surface area contributed by atoms with Gasteiger partial charge in [-0.3, -0.25) is 4.79 Å². The van der Waals surface area contributed by atoms with Crippen molar-refractivity contribution in [2.45, 2.75) is 13.8 Å². The van der Waals surface area contributed by atoms with Crippen LogP contribution in [-0.4, -0.2) is 17.5 Å². The minimum absolute atomic E-state index is 0.109. The van der Waals surface area contributed by atoms with E-state index in [9.17, 15) is 4.79 Å². The molecular weight excluding hydrogens is 196 g/mol. The first-order chi connectivity index (χ1) is 6.56. The molecule has 0 aliphatic carbocycles. The quantitative estimate of drug-likeness (QED) is 0.385. The summed E-state index contributed by atoms with van der Waals surface area (Å²) in [5.74, 6) is 1.36. The van der Waals surface area contributed by atoms with Crippen LogP contribution in [0, 0.1) is 0 Å². The number of hydrogen-bond donors (Lipinski definition) is 0. The van der Waals surface area contributed by atoms with Crippen molar-refractivity contribution in [1.82, 2.24) is 0 Å². The third-order valence-electron chi connectivity index (χ3n) is 1.25. The smallest absolute Gasteiger partial charge is 0.185 e. The lowest BCUT2D eigenvalue weighted by atomic mass is 10.3. The lowest BCUT2D eigenvalue weighted by Gasteiger charge is -2.05. The lowest BCUT2D eigenvalue weighted by Crippen LogP contribution is -1.98. The minimum atomic E-state index is 0.109. The van der Waals surface area contributed by atoms with Gasteiger partial charge in [-0.25, -0.2) is 0 Å². The van der Waals surface area contributed by atoms with E-state index in [4.69, 9.17) is 4.74 Å². The zero-order chi connectivity index (χ0) is 11.0. The first-order valence-electron chi connectivity index (χ1n) is 4.32. The lowest BCUT2D eigenvalue weighted by molar-refractivity contribution is -0.109. The highest BCUT2D eigenvalue weighted by Gasteiger charge is 1.96. The number of thioether (sulfide) groups is 1. The van der Waals surface area contributed by atoms with Gasteiger partial charge in [0.15, 0.2) is 5.12 Å². The Hall–Kier alpha value is -0.960. The summed E-state index contributed by atoms with van der Waals surface area (Å²) in [6.45, 7) is 11.3. The Bertz CT molecular complexity index is 254. The van der Waals surface area contributed by atoms with Gasteiger partial charge in [-0.05, 0) is 19.1 Å². The Labute approximate surface area is 89.7 Å². The van der Waals surface area contributed by atoms with E-state index in [2.05, 4.69) is 13.2 Å². The second kappa shape index (κ2) is 7.44. The van der Waals surface area contributed by atoms with Crippen LogP contribution < -0.4 is 0 Å². The maximum Gasteiger partial charge on any atom is 0.185 e. The second-order valence-corrected chi connectivity index (χ2v) is 4.06. The number of carbonyl (C=O) groups excluding carboxylic acids is 1. The molecule has 0 saturated heterocycles. The highest BCUT2D eigenvalue weighted by Crippen LogP contribution is 2.06. The van der Waals surface area contributed by atoms with Crippen LogP contribution in [0.3, 0.4) is 0 Å². The Morgan fingerprint density at radius 1 is 1.50 bits per heavy atom. The standard InChI is InChI=1S/C11H16O2S/c1-5-11(8-9(2)3)13-6-7-14-10(4)12/h5,8H,1-2,6-7H2,3-4H3/b11-8+. The summed E-state index contributed by atoms with van der Waals surface area (Å²) in [5.41, 5.74) is 0.916. The monoisotopic (exact) mass is 212 g/mol. The van der Waals surface area contributed by atoms with Crippen molar-refractivity contribution >= 4 is 16.9 Å². The average Bonchev–Trinajstić information content (AvgIpc) is 2.09. The number of allylic oxidation sites excluding steroid dienone is 3. The Kier molecular flexibility index (Phi) is 6.93. The molecule has 14 heavy (non-hydrogen) atoms. The molecule has 0 saturated carbocycles. The van der Waals surface area contributed by atoms with E-state index in [1.54, 1.807) is 13.0 Å². The van der Waals surface area contributed by atoms with Crippen molar-refractivity contribution in [3.8, 4) is 0 Å². The summed E-state index contributed by atoms with van der Waals surface area (Å²) < 4.78 is 5.36. The van der Waals surface area contributed by atoms with Gasteiger partial charge in [0, 0.05) is 12.7 Å². The van der Waals surface area contributed by atoms with Gasteiger partial charge in [-0.1, -0.05) is 30.5 Å². The van der Waals surface area contributed by atoms with E-state index in [1.165, 1.54) is 11.8 Å². The molecule has 0 spiro atoms. The summed E-state index contributed by atoms with van der Waals surface area (Å²) in [6.07, 6.45) is 3.44. The van der Waals surface area contributed by atoms with Crippen LogP contribution in [0.2, 0.25) is 0 Å². The molecule has 0 aromatic rings. The summed E-state index contributed by atoms with van der Waals surface area (Å²) in [4.78, 5) is 10.6. The second-order valence-electron chi connectivity index (χ2n) is 2.79. The topological polar surface area (TPSA) is 26.3 Å². The molecule has 0 unspecified atom stereocenters. The maximum absolute atomic E-state index is 10.6. The van der Waals surface area contributed by atoms with Crippen LogP contribution in [0.25, 0.3) is 0 Å². The summed E-state index contributed by atoms with van der Waals surface area (Å²) in [7, 11) is 0. The zero-order valence-electron chi connectivity index (χ0n) is 8.71. The number of carbonyl (C=O) groups is 1. The van der Waals surface area contributed by atoms with Crippen molar-refractivity contribution in [1.29, 1.82) is 0 Å². The molecule has 0 aromatic carbocycles. The first-order valence-corrected chi connectivity index (χ1v) is 5.30. The third kappa shape index (κ3) is 7.68. The van der Waals surface area contributed by atoms with Gasteiger partial charge in [0.1, 0.15) is 5.76 Å². The van der Waals surface area contributed by atoms with Gasteiger partial charge in [-0.15, -0.1) is 0 Å². The van der Waals surface area contributed by atoms with Crippen molar-refractivity contribution < 1.29 is 9.53 Å². The molecule has 0 atom stereocenters. The van der Waals surface area contributed by atoms with Crippen molar-refractivity contribution in [3.63, 3.8) is 0 Å². The van der Waals surface area contributed by atoms with Crippen LogP contribution in [0.15, 0.2) is 36.6 Å². The normalized spacial score (nSPS) is 10.9. The fourth-order valence-corrected chi connectivity index (χ4v) is 1.20. The molecule has 0 rings (SSSR count). The zero-order valence-corrected chi connectivity index (χ0v) is 9.52.